The number of imidazole rings is 1. The number of methoxy groups -OCH3 is 1. The minimum atomic E-state index is -0.350. The molecule has 1 N–H and O–H groups in total. The summed E-state index contributed by atoms with van der Waals surface area (Å²) in [5.41, 5.74) is 1.81. The molecular weight excluding hydrogens is 287 g/mol. The molecule has 0 aliphatic rings. The molecule has 2 aromatic rings. The number of hydrogen-bond acceptors (Lipinski definition) is 2. The van der Waals surface area contributed by atoms with Gasteiger partial charge in [-0.25, -0.2) is 9.37 Å². The highest BCUT2D eigenvalue weighted by atomic mass is 79.9. The lowest BCUT2D eigenvalue weighted by Crippen LogP contribution is -1.93. The largest absolute Gasteiger partial charge is 0.494 e. The fourth-order valence-electron chi connectivity index (χ4n) is 1.65. The molecule has 17 heavy (non-hydrogen) atoms. The Balaban J connectivity index is 2.24. The van der Waals surface area contributed by atoms with Crippen LogP contribution in [0.1, 0.15) is 17.1 Å². The summed E-state index contributed by atoms with van der Waals surface area (Å²) in [6.45, 7) is 1.88. The van der Waals surface area contributed by atoms with Gasteiger partial charge in [-0.15, -0.1) is 0 Å². The molecule has 1 aromatic carbocycles. The Kier molecular flexibility index (Phi) is 3.47. The monoisotopic (exact) mass is 298 g/mol. The van der Waals surface area contributed by atoms with Crippen LogP contribution in [0, 0.1) is 12.7 Å². The third-order valence-corrected chi connectivity index (χ3v) is 3.10. The normalized spacial score (nSPS) is 10.6. The number of ether oxygens (including phenoxy) is 1. The number of nitrogens with zero attached hydrogens (tertiary/aromatic N) is 1. The number of hydrogen-bond donors (Lipinski definition) is 1. The molecule has 90 valence electrons. The molecule has 0 fully saturated rings. The highest BCUT2D eigenvalue weighted by Crippen LogP contribution is 2.21. The van der Waals surface area contributed by atoms with Crippen molar-refractivity contribution in [2.24, 2.45) is 0 Å². The zero-order valence-corrected chi connectivity index (χ0v) is 11.1. The van der Waals surface area contributed by atoms with Gasteiger partial charge in [-0.2, -0.15) is 0 Å². The standard InChI is InChI=1S/C12H12BrFN2O/c1-7-15-10(12(13)16-7)6-8-3-4-11(17-2)9(14)5-8/h3-5H,6H2,1-2H3,(H,15,16). The first-order valence-electron chi connectivity index (χ1n) is 5.13. The molecule has 0 bridgehead atoms. The molecule has 0 atom stereocenters. The highest BCUT2D eigenvalue weighted by Gasteiger charge is 2.08. The topological polar surface area (TPSA) is 37.9 Å². The van der Waals surface area contributed by atoms with Gasteiger partial charge in [-0.1, -0.05) is 6.07 Å². The summed E-state index contributed by atoms with van der Waals surface area (Å²) in [6, 6.07) is 4.94. The second kappa shape index (κ2) is 4.87. The third kappa shape index (κ3) is 2.66. The van der Waals surface area contributed by atoms with Crippen LogP contribution < -0.4 is 4.74 Å². The van der Waals surface area contributed by atoms with Gasteiger partial charge in [0.1, 0.15) is 10.4 Å². The average Bonchev–Trinajstić information content (AvgIpc) is 2.58. The van der Waals surface area contributed by atoms with Crippen molar-refractivity contribution in [3.63, 3.8) is 0 Å². The van der Waals surface area contributed by atoms with Gasteiger partial charge < -0.3 is 9.72 Å². The minimum Gasteiger partial charge on any atom is -0.494 e. The van der Waals surface area contributed by atoms with E-state index in [2.05, 4.69) is 25.9 Å². The van der Waals surface area contributed by atoms with Crippen LogP contribution in [-0.2, 0) is 6.42 Å². The van der Waals surface area contributed by atoms with E-state index in [9.17, 15) is 4.39 Å². The number of aromatic amines is 1. The number of halogens is 2. The maximum atomic E-state index is 13.5. The smallest absolute Gasteiger partial charge is 0.165 e. The zero-order chi connectivity index (χ0) is 12.4. The van der Waals surface area contributed by atoms with Crippen LogP contribution in [0.25, 0.3) is 0 Å². The van der Waals surface area contributed by atoms with Crippen LogP contribution in [0.4, 0.5) is 4.39 Å². The van der Waals surface area contributed by atoms with Crippen molar-refractivity contribution in [3.05, 3.63) is 45.7 Å². The Morgan fingerprint density at radius 2 is 2.24 bits per heavy atom. The van der Waals surface area contributed by atoms with E-state index in [0.717, 1.165) is 21.7 Å². The van der Waals surface area contributed by atoms with Gasteiger partial charge in [0, 0.05) is 6.42 Å². The van der Waals surface area contributed by atoms with Crippen molar-refractivity contribution >= 4 is 15.9 Å². The van der Waals surface area contributed by atoms with Crippen LogP contribution >= 0.6 is 15.9 Å². The molecule has 1 aromatic heterocycles. The summed E-state index contributed by atoms with van der Waals surface area (Å²) in [6.07, 6.45) is 0.600. The summed E-state index contributed by atoms with van der Waals surface area (Å²) in [7, 11) is 1.45. The summed E-state index contributed by atoms with van der Waals surface area (Å²) in [5, 5.41) is 0. The second-order valence-corrected chi connectivity index (χ2v) is 4.49. The van der Waals surface area contributed by atoms with Crippen LogP contribution in [0.3, 0.4) is 0 Å². The van der Waals surface area contributed by atoms with E-state index in [4.69, 9.17) is 4.74 Å². The molecule has 0 aliphatic heterocycles. The molecule has 0 spiro atoms. The Hall–Kier alpha value is -1.36. The summed E-state index contributed by atoms with van der Waals surface area (Å²) >= 11 is 3.36. The molecule has 2 rings (SSSR count). The lowest BCUT2D eigenvalue weighted by Gasteiger charge is -2.04. The molecule has 0 radical (unpaired) electrons. The SMILES string of the molecule is COc1ccc(Cc2[nH]c(C)nc2Br)cc1F. The Morgan fingerprint density at radius 3 is 2.76 bits per heavy atom. The summed E-state index contributed by atoms with van der Waals surface area (Å²) < 4.78 is 19.1. The van der Waals surface area contributed by atoms with E-state index in [1.54, 1.807) is 6.07 Å². The van der Waals surface area contributed by atoms with E-state index >= 15 is 0 Å². The maximum absolute atomic E-state index is 13.5. The van der Waals surface area contributed by atoms with Crippen molar-refractivity contribution in [1.29, 1.82) is 0 Å². The Bertz CT molecular complexity index is 539. The first kappa shape index (κ1) is 12.1. The van der Waals surface area contributed by atoms with Gasteiger partial charge in [-0.3, -0.25) is 0 Å². The first-order valence-corrected chi connectivity index (χ1v) is 5.93. The van der Waals surface area contributed by atoms with E-state index in [0.29, 0.717) is 6.42 Å². The number of rotatable bonds is 3. The van der Waals surface area contributed by atoms with Crippen LogP contribution in [0.15, 0.2) is 22.8 Å². The number of benzene rings is 1. The molecule has 1 heterocycles. The quantitative estimate of drug-likeness (QED) is 0.945. The van der Waals surface area contributed by atoms with Crippen LogP contribution in [0.5, 0.6) is 5.75 Å². The van der Waals surface area contributed by atoms with Gasteiger partial charge in [0.2, 0.25) is 0 Å². The van der Waals surface area contributed by atoms with Gasteiger partial charge in [0.05, 0.1) is 12.8 Å². The number of aromatic nitrogens is 2. The van der Waals surface area contributed by atoms with Crippen molar-refractivity contribution in [2.45, 2.75) is 13.3 Å². The molecular formula is C12H12BrFN2O. The van der Waals surface area contributed by atoms with Gasteiger partial charge in [0.25, 0.3) is 0 Å². The minimum absolute atomic E-state index is 0.258. The van der Waals surface area contributed by atoms with Gasteiger partial charge in [0.15, 0.2) is 11.6 Å². The maximum Gasteiger partial charge on any atom is 0.165 e. The fourth-order valence-corrected chi connectivity index (χ4v) is 2.16. The van der Waals surface area contributed by atoms with E-state index < -0.39 is 0 Å². The van der Waals surface area contributed by atoms with Gasteiger partial charge in [-0.05, 0) is 40.5 Å². The molecule has 3 nitrogen and oxygen atoms in total. The van der Waals surface area contributed by atoms with E-state index in [-0.39, 0.29) is 11.6 Å². The predicted octanol–water partition coefficient (Wildman–Crippen LogP) is 3.22. The van der Waals surface area contributed by atoms with E-state index in [1.165, 1.54) is 13.2 Å². The third-order valence-electron chi connectivity index (χ3n) is 2.44. The van der Waals surface area contributed by atoms with E-state index in [1.807, 2.05) is 13.0 Å². The van der Waals surface area contributed by atoms with Crippen molar-refractivity contribution in [3.8, 4) is 5.75 Å². The predicted molar refractivity (Wildman–Crippen MR) is 66.8 cm³/mol. The summed E-state index contributed by atoms with van der Waals surface area (Å²) in [5.74, 6) is 0.742. The molecule has 0 amide bonds. The lowest BCUT2D eigenvalue weighted by atomic mass is 10.1. The zero-order valence-electron chi connectivity index (χ0n) is 9.55. The van der Waals surface area contributed by atoms with Crippen molar-refractivity contribution in [2.75, 3.05) is 7.11 Å². The van der Waals surface area contributed by atoms with Crippen molar-refractivity contribution in [1.82, 2.24) is 9.97 Å². The van der Waals surface area contributed by atoms with Crippen molar-refractivity contribution < 1.29 is 9.13 Å². The molecule has 0 saturated carbocycles. The van der Waals surface area contributed by atoms with Crippen LogP contribution in [-0.4, -0.2) is 17.1 Å². The Morgan fingerprint density at radius 1 is 1.47 bits per heavy atom. The van der Waals surface area contributed by atoms with Crippen LogP contribution in [0.2, 0.25) is 0 Å². The number of aryl methyl sites for hydroxylation is 1. The highest BCUT2D eigenvalue weighted by molar-refractivity contribution is 9.10. The average molecular weight is 299 g/mol. The second-order valence-electron chi connectivity index (χ2n) is 3.74. The number of nitrogens with one attached hydrogen (secondary N) is 1. The Labute approximate surface area is 107 Å². The summed E-state index contributed by atoms with van der Waals surface area (Å²) in [4.78, 5) is 7.34. The molecule has 0 aliphatic carbocycles. The fraction of sp³-hybridized carbons (Fsp3) is 0.250. The molecule has 5 heteroatoms. The molecule has 0 saturated heterocycles. The lowest BCUT2D eigenvalue weighted by molar-refractivity contribution is 0.386. The molecule has 0 unspecified atom stereocenters. The van der Waals surface area contributed by atoms with Gasteiger partial charge >= 0.3 is 0 Å². The number of H-pyrrole nitrogens is 1. The first-order chi connectivity index (χ1) is 8.10.